The van der Waals surface area contributed by atoms with E-state index < -0.39 is 6.10 Å². The molecular weight excluding hydrogens is 320 g/mol. The highest BCUT2D eigenvalue weighted by Gasteiger charge is 2.19. The Morgan fingerprint density at radius 2 is 1.83 bits per heavy atom. The normalized spacial score (nSPS) is 17.8. The molecule has 1 aliphatic rings. The van der Waals surface area contributed by atoms with Crippen LogP contribution in [0.1, 0.15) is 10.4 Å². The number of aliphatic hydroxyl groups is 1. The SMILES string of the molecule is Cc1ccccc1OCC(O)CN1CCN(Cc2cccs2)CC1. The molecule has 2 aromatic rings. The number of benzene rings is 1. The van der Waals surface area contributed by atoms with Crippen LogP contribution in [0.2, 0.25) is 0 Å². The molecule has 24 heavy (non-hydrogen) atoms. The predicted molar refractivity (Wildman–Crippen MR) is 98.7 cm³/mol. The van der Waals surface area contributed by atoms with Gasteiger partial charge in [0.2, 0.25) is 0 Å². The van der Waals surface area contributed by atoms with Gasteiger partial charge < -0.3 is 9.84 Å². The first-order valence-electron chi connectivity index (χ1n) is 8.54. The molecule has 0 amide bonds. The molecule has 0 radical (unpaired) electrons. The second-order valence-corrected chi connectivity index (χ2v) is 7.42. The Kier molecular flexibility index (Phi) is 6.26. The lowest BCUT2D eigenvalue weighted by Gasteiger charge is -2.35. The third kappa shape index (κ3) is 5.05. The van der Waals surface area contributed by atoms with Crippen molar-refractivity contribution in [2.75, 3.05) is 39.3 Å². The number of hydrogen-bond donors (Lipinski definition) is 1. The highest BCUT2D eigenvalue weighted by molar-refractivity contribution is 7.09. The summed E-state index contributed by atoms with van der Waals surface area (Å²) in [7, 11) is 0. The summed E-state index contributed by atoms with van der Waals surface area (Å²) in [5.41, 5.74) is 1.10. The number of hydrogen-bond acceptors (Lipinski definition) is 5. The van der Waals surface area contributed by atoms with Crippen molar-refractivity contribution >= 4 is 11.3 Å². The highest BCUT2D eigenvalue weighted by Crippen LogP contribution is 2.17. The van der Waals surface area contributed by atoms with Gasteiger partial charge in [-0.2, -0.15) is 0 Å². The summed E-state index contributed by atoms with van der Waals surface area (Å²) in [6, 6.07) is 12.2. The van der Waals surface area contributed by atoms with E-state index in [1.54, 1.807) is 0 Å². The zero-order chi connectivity index (χ0) is 16.8. The Morgan fingerprint density at radius 1 is 1.08 bits per heavy atom. The molecule has 1 saturated heterocycles. The zero-order valence-corrected chi connectivity index (χ0v) is 15.0. The maximum atomic E-state index is 10.2. The van der Waals surface area contributed by atoms with Gasteiger partial charge in [-0.05, 0) is 30.0 Å². The Hall–Kier alpha value is -1.40. The van der Waals surface area contributed by atoms with E-state index in [2.05, 4.69) is 27.3 Å². The predicted octanol–water partition coefficient (Wildman–Crippen LogP) is 2.61. The molecule has 130 valence electrons. The van der Waals surface area contributed by atoms with Crippen LogP contribution in [0.4, 0.5) is 0 Å². The van der Waals surface area contributed by atoms with Crippen molar-refractivity contribution in [3.8, 4) is 5.75 Å². The molecule has 1 aromatic carbocycles. The quantitative estimate of drug-likeness (QED) is 0.836. The largest absolute Gasteiger partial charge is 0.491 e. The lowest BCUT2D eigenvalue weighted by molar-refractivity contribution is 0.0447. The number of para-hydroxylation sites is 1. The first kappa shape index (κ1) is 17.4. The number of nitrogens with zero attached hydrogens (tertiary/aromatic N) is 2. The van der Waals surface area contributed by atoms with Gasteiger partial charge in [0.1, 0.15) is 18.5 Å². The Bertz CT molecular complexity index is 610. The Balaban J connectivity index is 1.37. The van der Waals surface area contributed by atoms with Crippen molar-refractivity contribution in [3.63, 3.8) is 0 Å². The number of ether oxygens (including phenoxy) is 1. The molecule has 1 N–H and O–H groups in total. The third-order valence-electron chi connectivity index (χ3n) is 4.42. The standard InChI is InChI=1S/C19H26N2O2S/c1-16-5-2-3-7-19(16)23-15-17(22)13-20-8-10-21(11-9-20)14-18-6-4-12-24-18/h2-7,12,17,22H,8-11,13-15H2,1H3. The summed E-state index contributed by atoms with van der Waals surface area (Å²) < 4.78 is 5.75. The lowest BCUT2D eigenvalue weighted by Crippen LogP contribution is -2.48. The summed E-state index contributed by atoms with van der Waals surface area (Å²) >= 11 is 1.82. The smallest absolute Gasteiger partial charge is 0.122 e. The van der Waals surface area contributed by atoms with E-state index >= 15 is 0 Å². The van der Waals surface area contributed by atoms with Crippen LogP contribution in [0.15, 0.2) is 41.8 Å². The average Bonchev–Trinajstić information content (AvgIpc) is 3.09. The molecular formula is C19H26N2O2S. The van der Waals surface area contributed by atoms with Gasteiger partial charge in [0.05, 0.1) is 0 Å². The Labute approximate surface area is 148 Å². The molecule has 1 atom stereocenters. The third-order valence-corrected chi connectivity index (χ3v) is 5.28. The number of thiophene rings is 1. The van der Waals surface area contributed by atoms with Gasteiger partial charge >= 0.3 is 0 Å². The average molecular weight is 346 g/mol. The van der Waals surface area contributed by atoms with Crippen LogP contribution in [0.3, 0.4) is 0 Å². The molecule has 1 aromatic heterocycles. The van der Waals surface area contributed by atoms with E-state index in [9.17, 15) is 5.11 Å². The van der Waals surface area contributed by atoms with Crippen LogP contribution >= 0.6 is 11.3 Å². The van der Waals surface area contributed by atoms with E-state index in [0.29, 0.717) is 13.2 Å². The zero-order valence-electron chi connectivity index (χ0n) is 14.2. The van der Waals surface area contributed by atoms with Crippen molar-refractivity contribution in [3.05, 3.63) is 52.2 Å². The molecule has 5 heteroatoms. The van der Waals surface area contributed by atoms with E-state index in [1.807, 2.05) is 42.5 Å². The summed E-state index contributed by atoms with van der Waals surface area (Å²) in [6.07, 6.45) is -0.451. The van der Waals surface area contributed by atoms with Crippen LogP contribution in [0, 0.1) is 6.92 Å². The maximum Gasteiger partial charge on any atom is 0.122 e. The Morgan fingerprint density at radius 3 is 2.54 bits per heavy atom. The number of piperazine rings is 1. The van der Waals surface area contributed by atoms with E-state index in [0.717, 1.165) is 44.0 Å². The van der Waals surface area contributed by atoms with Crippen molar-refractivity contribution in [2.45, 2.75) is 19.6 Å². The van der Waals surface area contributed by atoms with Crippen LogP contribution in [-0.4, -0.2) is 60.3 Å². The molecule has 0 saturated carbocycles. The minimum absolute atomic E-state index is 0.347. The van der Waals surface area contributed by atoms with Crippen molar-refractivity contribution in [2.24, 2.45) is 0 Å². The van der Waals surface area contributed by atoms with Gasteiger partial charge in [-0.1, -0.05) is 24.3 Å². The minimum atomic E-state index is -0.451. The number of rotatable bonds is 7. The van der Waals surface area contributed by atoms with E-state index in [4.69, 9.17) is 4.74 Å². The number of aliphatic hydroxyl groups excluding tert-OH is 1. The van der Waals surface area contributed by atoms with Gasteiger partial charge in [0.25, 0.3) is 0 Å². The van der Waals surface area contributed by atoms with Gasteiger partial charge in [0.15, 0.2) is 0 Å². The van der Waals surface area contributed by atoms with Crippen molar-refractivity contribution < 1.29 is 9.84 Å². The fourth-order valence-electron chi connectivity index (χ4n) is 3.01. The molecule has 4 nitrogen and oxygen atoms in total. The topological polar surface area (TPSA) is 35.9 Å². The summed E-state index contributed by atoms with van der Waals surface area (Å²) in [5, 5.41) is 12.4. The molecule has 1 fully saturated rings. The summed E-state index contributed by atoms with van der Waals surface area (Å²) in [5.74, 6) is 0.859. The van der Waals surface area contributed by atoms with Crippen LogP contribution < -0.4 is 4.74 Å². The van der Waals surface area contributed by atoms with Gasteiger partial charge in [0, 0.05) is 44.1 Å². The van der Waals surface area contributed by atoms with Crippen molar-refractivity contribution in [1.82, 2.24) is 9.80 Å². The summed E-state index contributed by atoms with van der Waals surface area (Å²) in [6.45, 7) is 8.23. The van der Waals surface area contributed by atoms with Gasteiger partial charge in [-0.25, -0.2) is 0 Å². The molecule has 1 unspecified atom stereocenters. The minimum Gasteiger partial charge on any atom is -0.491 e. The van der Waals surface area contributed by atoms with Crippen LogP contribution in [-0.2, 0) is 6.54 Å². The first-order chi connectivity index (χ1) is 11.7. The first-order valence-corrected chi connectivity index (χ1v) is 9.42. The van der Waals surface area contributed by atoms with E-state index in [-0.39, 0.29) is 0 Å². The number of β-amino-alcohol motifs (C(OH)–C–C–N with tert-alkyl or cyclic N) is 1. The molecule has 2 heterocycles. The monoisotopic (exact) mass is 346 g/mol. The molecule has 1 aliphatic heterocycles. The second kappa shape index (κ2) is 8.62. The lowest BCUT2D eigenvalue weighted by atomic mass is 10.2. The van der Waals surface area contributed by atoms with E-state index in [1.165, 1.54) is 4.88 Å². The number of aryl methyl sites for hydroxylation is 1. The second-order valence-electron chi connectivity index (χ2n) is 6.39. The molecule has 0 aliphatic carbocycles. The molecule has 3 rings (SSSR count). The van der Waals surface area contributed by atoms with Gasteiger partial charge in [-0.3, -0.25) is 9.80 Å². The summed E-state index contributed by atoms with van der Waals surface area (Å²) in [4.78, 5) is 6.24. The molecule has 0 spiro atoms. The van der Waals surface area contributed by atoms with Crippen LogP contribution in [0.25, 0.3) is 0 Å². The fraction of sp³-hybridized carbons (Fsp3) is 0.474. The van der Waals surface area contributed by atoms with Gasteiger partial charge in [-0.15, -0.1) is 11.3 Å². The van der Waals surface area contributed by atoms with Crippen molar-refractivity contribution in [1.29, 1.82) is 0 Å². The maximum absolute atomic E-state index is 10.2. The molecule has 0 bridgehead atoms. The highest BCUT2D eigenvalue weighted by atomic mass is 32.1. The fourth-order valence-corrected chi connectivity index (χ4v) is 3.75. The van der Waals surface area contributed by atoms with Crippen LogP contribution in [0.5, 0.6) is 5.75 Å².